The van der Waals surface area contributed by atoms with E-state index < -0.39 is 5.82 Å². The first-order chi connectivity index (χ1) is 11.7. The number of hydrogen-bond donors (Lipinski definition) is 0. The molecule has 118 valence electrons. The summed E-state index contributed by atoms with van der Waals surface area (Å²) in [7, 11) is 1.45. The van der Waals surface area contributed by atoms with E-state index in [4.69, 9.17) is 4.74 Å². The van der Waals surface area contributed by atoms with Crippen molar-refractivity contribution in [1.82, 2.24) is 15.0 Å². The zero-order valence-corrected chi connectivity index (χ0v) is 13.2. The third-order valence-corrected chi connectivity index (χ3v) is 4.09. The average molecular weight is 319 g/mol. The van der Waals surface area contributed by atoms with Crippen molar-refractivity contribution in [2.45, 2.75) is 6.92 Å². The molecule has 0 radical (unpaired) electrons. The van der Waals surface area contributed by atoms with E-state index >= 15 is 4.39 Å². The van der Waals surface area contributed by atoms with Crippen molar-refractivity contribution < 1.29 is 9.13 Å². The largest absolute Gasteiger partial charge is 0.467 e. The molecule has 0 aliphatic heterocycles. The van der Waals surface area contributed by atoms with Gasteiger partial charge in [-0.2, -0.15) is 4.98 Å². The Morgan fingerprint density at radius 1 is 0.958 bits per heavy atom. The van der Waals surface area contributed by atoms with Gasteiger partial charge in [0, 0.05) is 23.3 Å². The van der Waals surface area contributed by atoms with Crippen LogP contribution in [0.4, 0.5) is 4.39 Å². The maximum atomic E-state index is 15.1. The second kappa shape index (κ2) is 5.53. The lowest BCUT2D eigenvalue weighted by Gasteiger charge is -2.11. The third kappa shape index (κ3) is 2.17. The normalized spacial score (nSPS) is 11.1. The molecule has 2 aromatic heterocycles. The molecule has 4 rings (SSSR count). The predicted molar refractivity (Wildman–Crippen MR) is 91.5 cm³/mol. The topological polar surface area (TPSA) is 47.9 Å². The van der Waals surface area contributed by atoms with Gasteiger partial charge in [0.2, 0.25) is 0 Å². The van der Waals surface area contributed by atoms with Crippen LogP contribution in [0.1, 0.15) is 5.56 Å². The van der Waals surface area contributed by atoms with Crippen molar-refractivity contribution in [2.75, 3.05) is 7.11 Å². The monoisotopic (exact) mass is 319 g/mol. The summed E-state index contributed by atoms with van der Waals surface area (Å²) in [6.07, 6.45) is 3.10. The van der Waals surface area contributed by atoms with Gasteiger partial charge in [0.25, 0.3) is 0 Å². The number of aryl methyl sites for hydroxylation is 1. The Labute approximate surface area is 138 Å². The van der Waals surface area contributed by atoms with E-state index in [1.165, 1.54) is 13.3 Å². The molecule has 0 bridgehead atoms. The molecule has 2 aromatic carbocycles. The summed E-state index contributed by atoms with van der Waals surface area (Å²) >= 11 is 0. The van der Waals surface area contributed by atoms with Gasteiger partial charge in [-0.1, -0.05) is 36.4 Å². The molecule has 4 aromatic rings. The summed E-state index contributed by atoms with van der Waals surface area (Å²) < 4.78 is 20.1. The lowest BCUT2D eigenvalue weighted by atomic mass is 9.97. The smallest absolute Gasteiger partial charge is 0.316 e. The lowest BCUT2D eigenvalue weighted by Crippen LogP contribution is -1.98. The standard InChI is InChI=1S/C19H14FN3O/c1-11-5-3-6-12-7-4-8-14(15(11)12)18-16(20)17-13(9-21-18)10-22-19(23-17)24-2/h3-10H,1-2H3. The molecular weight excluding hydrogens is 305 g/mol. The van der Waals surface area contributed by atoms with E-state index in [0.29, 0.717) is 5.39 Å². The fraction of sp³-hybridized carbons (Fsp3) is 0.105. The second-order valence-corrected chi connectivity index (χ2v) is 5.56. The van der Waals surface area contributed by atoms with E-state index in [1.807, 2.05) is 43.3 Å². The summed E-state index contributed by atoms with van der Waals surface area (Å²) in [6.45, 7) is 2.01. The molecular formula is C19H14FN3O. The molecule has 4 nitrogen and oxygen atoms in total. The molecule has 0 atom stereocenters. The van der Waals surface area contributed by atoms with Crippen LogP contribution in [0.15, 0.2) is 48.8 Å². The SMILES string of the molecule is COc1ncc2cnc(-c3cccc4cccc(C)c34)c(F)c2n1. The Kier molecular flexibility index (Phi) is 3.34. The predicted octanol–water partition coefficient (Wildman–Crippen LogP) is 4.30. The molecule has 0 fully saturated rings. The zero-order chi connectivity index (χ0) is 16.7. The Balaban J connectivity index is 2.06. The Morgan fingerprint density at radius 2 is 1.71 bits per heavy atom. The molecule has 0 spiro atoms. The Morgan fingerprint density at radius 3 is 2.50 bits per heavy atom. The summed E-state index contributed by atoms with van der Waals surface area (Å²) in [6, 6.07) is 11.9. The van der Waals surface area contributed by atoms with Gasteiger partial charge in [0.05, 0.1) is 7.11 Å². The highest BCUT2D eigenvalue weighted by Gasteiger charge is 2.16. The highest BCUT2D eigenvalue weighted by Crippen LogP contribution is 2.33. The van der Waals surface area contributed by atoms with Crippen LogP contribution >= 0.6 is 0 Å². The number of hydrogen-bond acceptors (Lipinski definition) is 4. The van der Waals surface area contributed by atoms with Crippen LogP contribution in [0.3, 0.4) is 0 Å². The first-order valence-electron chi connectivity index (χ1n) is 7.53. The number of ether oxygens (including phenoxy) is 1. The second-order valence-electron chi connectivity index (χ2n) is 5.56. The van der Waals surface area contributed by atoms with Gasteiger partial charge in [-0.15, -0.1) is 0 Å². The number of benzene rings is 2. The molecule has 0 aliphatic carbocycles. The van der Waals surface area contributed by atoms with E-state index in [-0.39, 0.29) is 17.2 Å². The van der Waals surface area contributed by atoms with Crippen molar-refractivity contribution in [3.8, 4) is 17.3 Å². The minimum atomic E-state index is -0.469. The lowest BCUT2D eigenvalue weighted by molar-refractivity contribution is 0.381. The van der Waals surface area contributed by atoms with Crippen LogP contribution in [-0.2, 0) is 0 Å². The number of halogens is 1. The van der Waals surface area contributed by atoms with E-state index in [1.54, 1.807) is 6.20 Å². The van der Waals surface area contributed by atoms with Gasteiger partial charge in [0.15, 0.2) is 5.82 Å². The molecule has 0 N–H and O–H groups in total. The average Bonchev–Trinajstić information content (AvgIpc) is 2.62. The first-order valence-corrected chi connectivity index (χ1v) is 7.53. The molecule has 0 saturated heterocycles. The summed E-state index contributed by atoms with van der Waals surface area (Å²) in [5.74, 6) is -0.469. The van der Waals surface area contributed by atoms with Gasteiger partial charge in [-0.25, -0.2) is 9.37 Å². The van der Waals surface area contributed by atoms with Gasteiger partial charge in [-0.05, 0) is 23.3 Å². The van der Waals surface area contributed by atoms with Crippen molar-refractivity contribution in [3.05, 3.63) is 60.2 Å². The minimum absolute atomic E-state index is 0.132. The Bertz CT molecular complexity index is 1070. The Hall–Kier alpha value is -3.08. The molecule has 24 heavy (non-hydrogen) atoms. The van der Waals surface area contributed by atoms with Crippen LogP contribution in [0.25, 0.3) is 32.9 Å². The first kappa shape index (κ1) is 14.5. The van der Waals surface area contributed by atoms with Crippen LogP contribution in [0.2, 0.25) is 0 Å². The van der Waals surface area contributed by atoms with Gasteiger partial charge < -0.3 is 4.74 Å². The number of methoxy groups -OCH3 is 1. The van der Waals surface area contributed by atoms with Crippen molar-refractivity contribution in [1.29, 1.82) is 0 Å². The van der Waals surface area contributed by atoms with Gasteiger partial charge in [-0.3, -0.25) is 4.98 Å². The number of aromatic nitrogens is 3. The maximum absolute atomic E-state index is 15.1. The van der Waals surface area contributed by atoms with Crippen molar-refractivity contribution in [2.24, 2.45) is 0 Å². The summed E-state index contributed by atoms with van der Waals surface area (Å²) in [4.78, 5) is 12.5. The van der Waals surface area contributed by atoms with Crippen molar-refractivity contribution in [3.63, 3.8) is 0 Å². The van der Waals surface area contributed by atoms with Crippen LogP contribution in [0.5, 0.6) is 6.01 Å². The van der Waals surface area contributed by atoms with Crippen LogP contribution in [0, 0.1) is 12.7 Å². The zero-order valence-electron chi connectivity index (χ0n) is 13.2. The molecule has 5 heteroatoms. The highest BCUT2D eigenvalue weighted by molar-refractivity contribution is 5.99. The van der Waals surface area contributed by atoms with Crippen LogP contribution < -0.4 is 4.74 Å². The number of rotatable bonds is 2. The minimum Gasteiger partial charge on any atom is -0.467 e. The van der Waals surface area contributed by atoms with Gasteiger partial charge in [0.1, 0.15) is 11.2 Å². The van der Waals surface area contributed by atoms with Crippen molar-refractivity contribution >= 4 is 21.7 Å². The van der Waals surface area contributed by atoms with E-state index in [2.05, 4.69) is 15.0 Å². The van der Waals surface area contributed by atoms with Crippen LogP contribution in [-0.4, -0.2) is 22.1 Å². The fourth-order valence-corrected chi connectivity index (χ4v) is 2.96. The van der Waals surface area contributed by atoms with Gasteiger partial charge >= 0.3 is 6.01 Å². The number of pyridine rings is 1. The highest BCUT2D eigenvalue weighted by atomic mass is 19.1. The summed E-state index contributed by atoms with van der Waals surface area (Å²) in [5.41, 5.74) is 2.31. The summed E-state index contributed by atoms with van der Waals surface area (Å²) in [5, 5.41) is 2.58. The van der Waals surface area contributed by atoms with E-state index in [9.17, 15) is 0 Å². The quantitative estimate of drug-likeness (QED) is 0.552. The maximum Gasteiger partial charge on any atom is 0.316 e. The number of fused-ring (bicyclic) bond motifs is 2. The molecule has 0 amide bonds. The van der Waals surface area contributed by atoms with E-state index in [0.717, 1.165) is 21.9 Å². The molecule has 0 unspecified atom stereocenters. The molecule has 2 heterocycles. The molecule has 0 saturated carbocycles. The fourth-order valence-electron chi connectivity index (χ4n) is 2.96. The number of nitrogens with zero attached hydrogens (tertiary/aromatic N) is 3. The molecule has 0 aliphatic rings. The third-order valence-electron chi connectivity index (χ3n) is 4.09.